The zero-order valence-electron chi connectivity index (χ0n) is 8.16. The van der Waals surface area contributed by atoms with Gasteiger partial charge >= 0.3 is 0 Å². The van der Waals surface area contributed by atoms with E-state index >= 15 is 0 Å². The van der Waals surface area contributed by atoms with Crippen LogP contribution in [0.1, 0.15) is 11.3 Å². The molecule has 0 unspecified atom stereocenters. The van der Waals surface area contributed by atoms with E-state index in [4.69, 9.17) is 9.68 Å². The molecule has 0 fully saturated rings. The summed E-state index contributed by atoms with van der Waals surface area (Å²) in [7, 11) is 0. The highest BCUT2D eigenvalue weighted by Crippen LogP contribution is 2.28. The summed E-state index contributed by atoms with van der Waals surface area (Å²) >= 11 is 0. The van der Waals surface area contributed by atoms with E-state index < -0.39 is 0 Å². The van der Waals surface area contributed by atoms with Crippen LogP contribution < -0.4 is 0 Å². The molecule has 3 rings (SSSR count). The number of nitrogens with one attached hydrogen (secondary N) is 1. The molecule has 0 radical (unpaired) electrons. The lowest BCUT2D eigenvalue weighted by molar-refractivity contribution is 0.603. The van der Waals surface area contributed by atoms with E-state index in [1.54, 1.807) is 6.07 Å². The number of furan rings is 1. The second-order valence-corrected chi connectivity index (χ2v) is 3.64. The molecule has 0 aliphatic carbocycles. The maximum Gasteiger partial charge on any atom is 0.206 e. The summed E-state index contributed by atoms with van der Waals surface area (Å²) in [6.07, 6.45) is 0. The minimum atomic E-state index is 0.346. The van der Waals surface area contributed by atoms with Crippen LogP contribution in [0.15, 0.2) is 28.7 Å². The van der Waals surface area contributed by atoms with Crippen LogP contribution in [0.25, 0.3) is 22.0 Å². The van der Waals surface area contributed by atoms with Gasteiger partial charge in [-0.2, -0.15) is 5.26 Å². The molecule has 0 bridgehead atoms. The number of benzene rings is 1. The summed E-state index contributed by atoms with van der Waals surface area (Å²) in [5.41, 5.74) is 3.90. The number of hydrogen-bond acceptors (Lipinski definition) is 2. The number of aromatic nitrogens is 1. The predicted molar refractivity (Wildman–Crippen MR) is 57.5 cm³/mol. The van der Waals surface area contributed by atoms with Crippen LogP contribution >= 0.6 is 0 Å². The molecule has 2 aromatic heterocycles. The Kier molecular flexibility index (Phi) is 1.43. The van der Waals surface area contributed by atoms with Gasteiger partial charge in [-0.15, -0.1) is 0 Å². The first-order chi connectivity index (χ1) is 7.28. The molecule has 0 aliphatic rings. The molecule has 0 amide bonds. The second kappa shape index (κ2) is 2.64. The smallest absolute Gasteiger partial charge is 0.206 e. The molecule has 0 saturated heterocycles. The quantitative estimate of drug-likeness (QED) is 0.600. The van der Waals surface area contributed by atoms with E-state index in [1.807, 2.05) is 25.1 Å². The minimum absolute atomic E-state index is 0.346. The highest BCUT2D eigenvalue weighted by Gasteiger charge is 2.09. The Hall–Kier alpha value is -2.21. The van der Waals surface area contributed by atoms with Crippen LogP contribution in [0.2, 0.25) is 0 Å². The summed E-state index contributed by atoms with van der Waals surface area (Å²) in [4.78, 5) is 3.23. The Morgan fingerprint density at radius 1 is 1.27 bits per heavy atom. The van der Waals surface area contributed by atoms with Crippen LogP contribution in [0.3, 0.4) is 0 Å². The molecule has 2 heterocycles. The van der Waals surface area contributed by atoms with Gasteiger partial charge in [0.2, 0.25) is 5.76 Å². The van der Waals surface area contributed by atoms with Gasteiger partial charge in [-0.25, -0.2) is 0 Å². The lowest BCUT2D eigenvalue weighted by Crippen LogP contribution is -1.72. The van der Waals surface area contributed by atoms with E-state index in [0.29, 0.717) is 5.76 Å². The molecule has 3 nitrogen and oxygen atoms in total. The van der Waals surface area contributed by atoms with Gasteiger partial charge < -0.3 is 9.40 Å². The van der Waals surface area contributed by atoms with Crippen LogP contribution in [-0.2, 0) is 0 Å². The number of aromatic amines is 1. The maximum atomic E-state index is 8.72. The van der Waals surface area contributed by atoms with Crippen molar-refractivity contribution in [2.75, 3.05) is 0 Å². The number of hydrogen-bond donors (Lipinski definition) is 1. The van der Waals surface area contributed by atoms with Crippen molar-refractivity contribution < 1.29 is 4.42 Å². The van der Waals surface area contributed by atoms with Crippen molar-refractivity contribution in [3.05, 3.63) is 35.6 Å². The normalized spacial score (nSPS) is 10.9. The zero-order valence-corrected chi connectivity index (χ0v) is 8.16. The number of rotatable bonds is 0. The van der Waals surface area contributed by atoms with E-state index in [9.17, 15) is 0 Å². The standard InChI is InChI=1S/C12H8N2O/c1-7-2-3-9-10(4-7)14-11-5-8(6-13)15-12(9)11/h2-5,14H,1H3. The molecule has 1 aromatic carbocycles. The first-order valence-electron chi connectivity index (χ1n) is 4.70. The monoisotopic (exact) mass is 196 g/mol. The van der Waals surface area contributed by atoms with Gasteiger partial charge in [0.25, 0.3) is 0 Å². The van der Waals surface area contributed by atoms with Gasteiger partial charge in [-0.1, -0.05) is 6.07 Å². The summed E-state index contributed by atoms with van der Waals surface area (Å²) in [6, 6.07) is 9.83. The zero-order chi connectivity index (χ0) is 10.4. The van der Waals surface area contributed by atoms with Gasteiger partial charge in [0.1, 0.15) is 6.07 Å². The number of nitrogens with zero attached hydrogens (tertiary/aromatic N) is 1. The van der Waals surface area contributed by atoms with Crippen LogP contribution in [-0.4, -0.2) is 4.98 Å². The largest absolute Gasteiger partial charge is 0.443 e. The highest BCUT2D eigenvalue weighted by molar-refractivity contribution is 6.04. The third kappa shape index (κ3) is 1.05. The average Bonchev–Trinajstić information content (AvgIpc) is 2.73. The summed E-state index contributed by atoms with van der Waals surface area (Å²) in [5.74, 6) is 0.346. The minimum Gasteiger partial charge on any atom is -0.443 e. The molecule has 0 saturated carbocycles. The topological polar surface area (TPSA) is 52.7 Å². The first-order valence-corrected chi connectivity index (χ1v) is 4.70. The van der Waals surface area contributed by atoms with Crippen molar-refractivity contribution in [1.29, 1.82) is 5.26 Å². The molecule has 3 aromatic rings. The Labute approximate surface area is 85.9 Å². The van der Waals surface area contributed by atoms with Gasteiger partial charge in [-0.3, -0.25) is 0 Å². The lowest BCUT2D eigenvalue weighted by atomic mass is 10.2. The Bertz CT molecular complexity index is 697. The fraction of sp³-hybridized carbons (Fsp3) is 0.0833. The van der Waals surface area contributed by atoms with E-state index in [1.165, 1.54) is 5.56 Å². The van der Waals surface area contributed by atoms with E-state index in [-0.39, 0.29) is 0 Å². The van der Waals surface area contributed by atoms with Crippen molar-refractivity contribution >= 4 is 22.0 Å². The molecule has 1 N–H and O–H groups in total. The third-order valence-electron chi connectivity index (χ3n) is 2.53. The molecule has 0 atom stereocenters. The molecule has 0 spiro atoms. The van der Waals surface area contributed by atoms with Gasteiger partial charge in [-0.05, 0) is 24.6 Å². The molecule has 0 aliphatic heterocycles. The molecular formula is C12H8N2O. The SMILES string of the molecule is Cc1ccc2c(c1)[nH]c1cc(C#N)oc12. The van der Waals surface area contributed by atoms with Crippen molar-refractivity contribution in [2.24, 2.45) is 0 Å². The highest BCUT2D eigenvalue weighted by atomic mass is 16.3. The van der Waals surface area contributed by atoms with E-state index in [2.05, 4.69) is 11.1 Å². The van der Waals surface area contributed by atoms with Crippen LogP contribution in [0, 0.1) is 18.3 Å². The molecular weight excluding hydrogens is 188 g/mol. The summed E-state index contributed by atoms with van der Waals surface area (Å²) < 4.78 is 5.42. The maximum absolute atomic E-state index is 8.72. The summed E-state index contributed by atoms with van der Waals surface area (Å²) in [5, 5.41) is 9.74. The molecule has 3 heteroatoms. The first kappa shape index (κ1) is 8.13. The molecule has 15 heavy (non-hydrogen) atoms. The molecule has 72 valence electrons. The number of H-pyrrole nitrogens is 1. The number of nitriles is 1. The predicted octanol–water partition coefficient (Wildman–Crippen LogP) is 3.09. The lowest BCUT2D eigenvalue weighted by Gasteiger charge is -1.91. The Morgan fingerprint density at radius 2 is 2.13 bits per heavy atom. The fourth-order valence-corrected chi connectivity index (χ4v) is 1.84. The van der Waals surface area contributed by atoms with Crippen LogP contribution in [0.5, 0.6) is 0 Å². The van der Waals surface area contributed by atoms with Gasteiger partial charge in [0.05, 0.1) is 5.52 Å². The second-order valence-electron chi connectivity index (χ2n) is 3.64. The Morgan fingerprint density at radius 3 is 2.93 bits per heavy atom. The van der Waals surface area contributed by atoms with E-state index in [0.717, 1.165) is 22.0 Å². The van der Waals surface area contributed by atoms with Crippen LogP contribution in [0.4, 0.5) is 0 Å². The average molecular weight is 196 g/mol. The third-order valence-corrected chi connectivity index (χ3v) is 2.53. The van der Waals surface area contributed by atoms with Crippen molar-refractivity contribution in [2.45, 2.75) is 6.92 Å². The van der Waals surface area contributed by atoms with Crippen molar-refractivity contribution in [3.8, 4) is 6.07 Å². The van der Waals surface area contributed by atoms with Crippen molar-refractivity contribution in [3.63, 3.8) is 0 Å². The van der Waals surface area contributed by atoms with Gasteiger partial charge in [0.15, 0.2) is 5.58 Å². The fourth-order valence-electron chi connectivity index (χ4n) is 1.84. The Balaban J connectivity index is 2.47. The van der Waals surface area contributed by atoms with Gasteiger partial charge in [0, 0.05) is 17.0 Å². The number of aryl methyl sites for hydroxylation is 1. The van der Waals surface area contributed by atoms with Crippen molar-refractivity contribution in [1.82, 2.24) is 4.98 Å². The number of fused-ring (bicyclic) bond motifs is 3. The summed E-state index contributed by atoms with van der Waals surface area (Å²) in [6.45, 7) is 2.04.